The predicted octanol–water partition coefficient (Wildman–Crippen LogP) is 3.44. The number of aliphatic carboxylic acids is 1. The minimum absolute atomic E-state index is 0.0453. The van der Waals surface area contributed by atoms with Gasteiger partial charge in [0, 0.05) is 17.9 Å². The van der Waals surface area contributed by atoms with E-state index in [1.54, 1.807) is 24.3 Å². The van der Waals surface area contributed by atoms with Crippen LogP contribution in [0.3, 0.4) is 0 Å². The van der Waals surface area contributed by atoms with Gasteiger partial charge in [-0.1, -0.05) is 49.4 Å². The molecule has 0 spiro atoms. The van der Waals surface area contributed by atoms with E-state index < -0.39 is 22.0 Å². The highest BCUT2D eigenvalue weighted by Gasteiger charge is 2.26. The summed E-state index contributed by atoms with van der Waals surface area (Å²) in [6, 6.07) is 18.5. The van der Waals surface area contributed by atoms with Crippen molar-refractivity contribution in [3.8, 4) is 11.1 Å². The SMILES string of the molecule is CCCNC(=O)Nc1cccc(-c2ccc(CC(NS(=O)(=O)c3cccc(N)c3)C(=O)O)cc2)c1. The van der Waals surface area contributed by atoms with Gasteiger partial charge in [0.1, 0.15) is 6.04 Å². The number of nitrogens with two attached hydrogens (primary N) is 1. The Bertz CT molecular complexity index is 1290. The van der Waals surface area contributed by atoms with Gasteiger partial charge in [-0.2, -0.15) is 4.72 Å². The van der Waals surface area contributed by atoms with Crippen LogP contribution in [-0.4, -0.2) is 38.1 Å². The number of anilines is 2. The normalized spacial score (nSPS) is 12.0. The van der Waals surface area contributed by atoms with Gasteiger partial charge in [0.25, 0.3) is 0 Å². The minimum atomic E-state index is -4.07. The second kappa shape index (κ2) is 11.5. The molecule has 0 radical (unpaired) electrons. The maximum Gasteiger partial charge on any atom is 0.322 e. The van der Waals surface area contributed by atoms with E-state index in [4.69, 9.17) is 5.73 Å². The number of nitrogens with one attached hydrogen (secondary N) is 3. The van der Waals surface area contributed by atoms with Crippen molar-refractivity contribution in [2.75, 3.05) is 17.6 Å². The number of carbonyl (C=O) groups is 2. The molecule has 3 rings (SSSR count). The molecule has 0 heterocycles. The van der Waals surface area contributed by atoms with E-state index in [1.807, 2.05) is 37.3 Å². The van der Waals surface area contributed by atoms with E-state index in [0.717, 1.165) is 17.5 Å². The number of nitrogen functional groups attached to an aromatic ring is 1. The van der Waals surface area contributed by atoms with Crippen LogP contribution in [0.15, 0.2) is 77.7 Å². The lowest BCUT2D eigenvalue weighted by Crippen LogP contribution is -2.42. The van der Waals surface area contributed by atoms with Gasteiger partial charge >= 0.3 is 12.0 Å². The molecule has 3 aromatic carbocycles. The average molecular weight is 497 g/mol. The fourth-order valence-electron chi connectivity index (χ4n) is 3.38. The van der Waals surface area contributed by atoms with E-state index in [9.17, 15) is 23.1 Å². The van der Waals surface area contributed by atoms with Gasteiger partial charge in [0.15, 0.2) is 0 Å². The highest BCUT2D eigenvalue weighted by Crippen LogP contribution is 2.24. The van der Waals surface area contributed by atoms with E-state index in [2.05, 4.69) is 15.4 Å². The van der Waals surface area contributed by atoms with Crippen molar-refractivity contribution in [1.29, 1.82) is 0 Å². The molecule has 0 aliphatic rings. The number of sulfonamides is 1. The summed E-state index contributed by atoms with van der Waals surface area (Å²) in [4.78, 5) is 23.6. The number of benzene rings is 3. The van der Waals surface area contributed by atoms with Crippen molar-refractivity contribution < 1.29 is 23.1 Å². The van der Waals surface area contributed by atoms with Crippen molar-refractivity contribution in [3.05, 3.63) is 78.4 Å². The highest BCUT2D eigenvalue weighted by molar-refractivity contribution is 7.89. The Kier molecular flexibility index (Phi) is 8.45. The first-order valence-electron chi connectivity index (χ1n) is 11.0. The van der Waals surface area contributed by atoms with E-state index in [-0.39, 0.29) is 23.0 Å². The Morgan fingerprint density at radius 1 is 0.971 bits per heavy atom. The van der Waals surface area contributed by atoms with Crippen molar-refractivity contribution in [2.45, 2.75) is 30.7 Å². The molecule has 0 aliphatic carbocycles. The Hall–Kier alpha value is -3.89. The zero-order valence-corrected chi connectivity index (χ0v) is 20.0. The topological polar surface area (TPSA) is 151 Å². The quantitative estimate of drug-likeness (QED) is 0.271. The third-order valence-corrected chi connectivity index (χ3v) is 6.62. The summed E-state index contributed by atoms with van der Waals surface area (Å²) < 4.78 is 27.5. The van der Waals surface area contributed by atoms with E-state index in [1.165, 1.54) is 18.2 Å². The first-order chi connectivity index (χ1) is 16.7. The van der Waals surface area contributed by atoms with Crippen LogP contribution in [0, 0.1) is 0 Å². The first-order valence-corrected chi connectivity index (χ1v) is 12.5. The number of carboxylic acids is 1. The predicted molar refractivity (Wildman–Crippen MR) is 135 cm³/mol. The summed E-state index contributed by atoms with van der Waals surface area (Å²) in [7, 11) is -4.07. The third-order valence-electron chi connectivity index (χ3n) is 5.15. The Labute approximate surface area is 204 Å². The molecule has 0 fully saturated rings. The molecule has 0 bridgehead atoms. The number of carbonyl (C=O) groups excluding carboxylic acids is 1. The standard InChI is InChI=1S/C25H28N4O5S/c1-2-13-27-25(32)28-21-7-3-5-19(15-21)18-11-9-17(10-12-18)14-23(24(30)31)29-35(33,34)22-8-4-6-20(26)16-22/h3-12,15-16,23,29H,2,13-14,26H2,1H3,(H,30,31)(H2,27,28,32). The number of rotatable bonds is 10. The molecule has 2 amide bonds. The number of hydrogen-bond donors (Lipinski definition) is 5. The first kappa shape index (κ1) is 25.7. The van der Waals surface area contributed by atoms with Gasteiger partial charge < -0.3 is 21.5 Å². The summed E-state index contributed by atoms with van der Waals surface area (Å²) in [5.74, 6) is -1.29. The molecule has 184 valence electrons. The smallest absolute Gasteiger partial charge is 0.322 e. The van der Waals surface area contributed by atoms with Gasteiger partial charge in [0.2, 0.25) is 10.0 Å². The van der Waals surface area contributed by atoms with Crippen LogP contribution in [-0.2, 0) is 21.2 Å². The second-order valence-electron chi connectivity index (χ2n) is 7.95. The molecule has 6 N–H and O–H groups in total. The summed E-state index contributed by atoms with van der Waals surface area (Å²) in [6.07, 6.45) is 0.793. The molecule has 0 aromatic heterocycles. The summed E-state index contributed by atoms with van der Waals surface area (Å²) in [5.41, 5.74) is 8.92. The maximum absolute atomic E-state index is 12.6. The molecule has 1 unspecified atom stereocenters. The molecule has 3 aromatic rings. The monoisotopic (exact) mass is 496 g/mol. The number of hydrogen-bond acceptors (Lipinski definition) is 5. The van der Waals surface area contributed by atoms with Crippen LogP contribution in [0.4, 0.5) is 16.2 Å². The van der Waals surface area contributed by atoms with Gasteiger partial charge in [-0.3, -0.25) is 4.79 Å². The summed E-state index contributed by atoms with van der Waals surface area (Å²) in [5, 5.41) is 15.1. The molecule has 35 heavy (non-hydrogen) atoms. The highest BCUT2D eigenvalue weighted by atomic mass is 32.2. The molecule has 0 saturated carbocycles. The Balaban J connectivity index is 1.71. The molecule has 0 aliphatic heterocycles. The molecule has 0 saturated heterocycles. The number of urea groups is 1. The third kappa shape index (κ3) is 7.29. The second-order valence-corrected chi connectivity index (χ2v) is 9.66. The number of carboxylic acid groups (broad SMARTS) is 1. The van der Waals surface area contributed by atoms with Crippen molar-refractivity contribution in [2.24, 2.45) is 0 Å². The van der Waals surface area contributed by atoms with Gasteiger partial charge in [-0.25, -0.2) is 13.2 Å². The Morgan fingerprint density at radius 3 is 2.34 bits per heavy atom. The van der Waals surface area contributed by atoms with Gasteiger partial charge in [0.05, 0.1) is 4.90 Å². The lowest BCUT2D eigenvalue weighted by molar-refractivity contribution is -0.138. The molecular weight excluding hydrogens is 468 g/mol. The largest absolute Gasteiger partial charge is 0.480 e. The van der Waals surface area contributed by atoms with Crippen molar-refractivity contribution in [1.82, 2.24) is 10.0 Å². The zero-order chi connectivity index (χ0) is 25.4. The lowest BCUT2D eigenvalue weighted by atomic mass is 10.0. The summed E-state index contributed by atoms with van der Waals surface area (Å²) >= 11 is 0. The molecule has 1 atom stereocenters. The van der Waals surface area contributed by atoms with Crippen LogP contribution in [0.25, 0.3) is 11.1 Å². The molecular formula is C25H28N4O5S. The Morgan fingerprint density at radius 2 is 1.69 bits per heavy atom. The summed E-state index contributed by atoms with van der Waals surface area (Å²) in [6.45, 7) is 2.55. The van der Waals surface area contributed by atoms with Crippen molar-refractivity contribution >= 4 is 33.4 Å². The van der Waals surface area contributed by atoms with Gasteiger partial charge in [-0.05, 0) is 59.9 Å². The van der Waals surface area contributed by atoms with Crippen LogP contribution in [0.2, 0.25) is 0 Å². The lowest BCUT2D eigenvalue weighted by Gasteiger charge is -2.15. The van der Waals surface area contributed by atoms with Crippen LogP contribution >= 0.6 is 0 Å². The average Bonchev–Trinajstić information content (AvgIpc) is 2.83. The van der Waals surface area contributed by atoms with Crippen LogP contribution in [0.1, 0.15) is 18.9 Å². The minimum Gasteiger partial charge on any atom is -0.480 e. The van der Waals surface area contributed by atoms with Crippen LogP contribution < -0.4 is 21.1 Å². The number of amides is 2. The van der Waals surface area contributed by atoms with E-state index in [0.29, 0.717) is 17.8 Å². The molecule has 10 heteroatoms. The fraction of sp³-hybridized carbons (Fsp3) is 0.200. The molecule has 9 nitrogen and oxygen atoms in total. The maximum atomic E-state index is 12.6. The fourth-order valence-corrected chi connectivity index (χ4v) is 4.62. The van der Waals surface area contributed by atoms with Gasteiger partial charge in [-0.15, -0.1) is 0 Å². The zero-order valence-electron chi connectivity index (χ0n) is 19.2. The van der Waals surface area contributed by atoms with Crippen LogP contribution in [0.5, 0.6) is 0 Å². The van der Waals surface area contributed by atoms with E-state index >= 15 is 0 Å². The van der Waals surface area contributed by atoms with Crippen molar-refractivity contribution in [3.63, 3.8) is 0 Å².